The molecule has 1 unspecified atom stereocenters. The van der Waals surface area contributed by atoms with Gasteiger partial charge in [0, 0.05) is 42.8 Å². The predicted molar refractivity (Wildman–Crippen MR) is 126 cm³/mol. The lowest BCUT2D eigenvalue weighted by atomic mass is 10.1. The largest absolute Gasteiger partial charge is 0.353 e. The molecular weight excluding hydrogens is 420 g/mol. The Balaban J connectivity index is 1.34. The number of amides is 1. The van der Waals surface area contributed by atoms with E-state index in [0.717, 1.165) is 35.1 Å². The van der Waals surface area contributed by atoms with Crippen LogP contribution < -0.4 is 4.90 Å². The van der Waals surface area contributed by atoms with Crippen LogP contribution in [0.25, 0.3) is 5.78 Å². The molecule has 2 aromatic heterocycles. The summed E-state index contributed by atoms with van der Waals surface area (Å²) in [6.45, 7) is 4.76. The van der Waals surface area contributed by atoms with E-state index < -0.39 is 0 Å². The summed E-state index contributed by atoms with van der Waals surface area (Å²) in [6.07, 6.45) is 1.52. The maximum absolute atomic E-state index is 13.6. The third-order valence-corrected chi connectivity index (χ3v) is 6.85. The van der Waals surface area contributed by atoms with Crippen LogP contribution in [0.5, 0.6) is 0 Å². The van der Waals surface area contributed by atoms with E-state index >= 15 is 0 Å². The summed E-state index contributed by atoms with van der Waals surface area (Å²) in [7, 11) is 0. The Hall–Kier alpha value is -3.39. The van der Waals surface area contributed by atoms with Crippen LogP contribution in [0, 0.1) is 6.92 Å². The third-order valence-electron chi connectivity index (χ3n) is 5.60. The summed E-state index contributed by atoms with van der Waals surface area (Å²) < 4.78 is 1.77. The zero-order chi connectivity index (χ0) is 21.9. The van der Waals surface area contributed by atoms with Gasteiger partial charge in [0.15, 0.2) is 0 Å². The number of benzene rings is 2. The minimum Gasteiger partial charge on any atom is -0.353 e. The zero-order valence-corrected chi connectivity index (χ0v) is 18.7. The topological polar surface area (TPSA) is 66.6 Å². The zero-order valence-electron chi connectivity index (χ0n) is 17.8. The van der Waals surface area contributed by atoms with Crippen molar-refractivity contribution in [1.82, 2.24) is 24.5 Å². The summed E-state index contributed by atoms with van der Waals surface area (Å²) in [6, 6.07) is 22.2. The maximum atomic E-state index is 13.6. The smallest absolute Gasteiger partial charge is 0.254 e. The SMILES string of the molecule is Cc1cc(N2CCN(C(=O)C(Sc3ccccc3)c3ccccc3)CC2)n2ncnc2n1. The highest BCUT2D eigenvalue weighted by Crippen LogP contribution is 2.37. The molecule has 5 rings (SSSR count). The van der Waals surface area contributed by atoms with Crippen LogP contribution in [-0.2, 0) is 4.79 Å². The number of rotatable bonds is 5. The number of aryl methyl sites for hydroxylation is 1. The van der Waals surface area contributed by atoms with Crippen LogP contribution in [0.1, 0.15) is 16.5 Å². The van der Waals surface area contributed by atoms with Gasteiger partial charge in [-0.25, -0.2) is 4.98 Å². The van der Waals surface area contributed by atoms with E-state index in [1.807, 2.05) is 66.4 Å². The maximum Gasteiger partial charge on any atom is 0.254 e. The molecule has 0 aliphatic carbocycles. The molecule has 2 aromatic carbocycles. The van der Waals surface area contributed by atoms with Crippen LogP contribution in [-0.4, -0.2) is 56.6 Å². The van der Waals surface area contributed by atoms with Crippen LogP contribution in [0.4, 0.5) is 5.82 Å². The number of anilines is 1. The minimum absolute atomic E-state index is 0.154. The Kier molecular flexibility index (Phi) is 5.77. The van der Waals surface area contributed by atoms with E-state index in [-0.39, 0.29) is 11.2 Å². The molecule has 0 bridgehead atoms. The van der Waals surface area contributed by atoms with Crippen LogP contribution >= 0.6 is 11.8 Å². The van der Waals surface area contributed by atoms with Crippen molar-refractivity contribution in [2.24, 2.45) is 0 Å². The number of fused-ring (bicyclic) bond motifs is 1. The molecule has 4 aromatic rings. The van der Waals surface area contributed by atoms with Crippen molar-refractivity contribution >= 4 is 29.3 Å². The second-order valence-corrected chi connectivity index (χ2v) is 8.94. The molecule has 1 aliphatic rings. The average molecular weight is 445 g/mol. The molecular formula is C24H24N6OS. The summed E-state index contributed by atoms with van der Waals surface area (Å²) >= 11 is 1.61. The van der Waals surface area contributed by atoms with E-state index in [0.29, 0.717) is 18.9 Å². The Morgan fingerprint density at radius 2 is 1.66 bits per heavy atom. The summed E-state index contributed by atoms with van der Waals surface area (Å²) in [5.74, 6) is 1.72. The molecule has 162 valence electrons. The fourth-order valence-corrected chi connectivity index (χ4v) is 5.11. The van der Waals surface area contributed by atoms with Gasteiger partial charge in [-0.15, -0.1) is 11.8 Å². The Morgan fingerprint density at radius 1 is 0.969 bits per heavy atom. The normalized spacial score (nSPS) is 15.2. The van der Waals surface area contributed by atoms with Gasteiger partial charge in [-0.3, -0.25) is 4.79 Å². The van der Waals surface area contributed by atoms with E-state index in [9.17, 15) is 4.79 Å². The lowest BCUT2D eigenvalue weighted by molar-refractivity contribution is -0.131. The molecule has 0 N–H and O–H groups in total. The molecule has 1 atom stereocenters. The van der Waals surface area contributed by atoms with Gasteiger partial charge < -0.3 is 9.80 Å². The monoisotopic (exact) mass is 444 g/mol. The lowest BCUT2D eigenvalue weighted by Gasteiger charge is -2.37. The Labute approximate surface area is 191 Å². The van der Waals surface area contributed by atoms with Crippen LogP contribution in [0.15, 0.2) is 78.0 Å². The molecule has 7 nitrogen and oxygen atoms in total. The fraction of sp³-hybridized carbons (Fsp3) is 0.250. The van der Waals surface area contributed by atoms with Crippen molar-refractivity contribution < 1.29 is 4.79 Å². The number of hydrogen-bond donors (Lipinski definition) is 0. The average Bonchev–Trinajstić information content (AvgIpc) is 3.31. The molecule has 1 aliphatic heterocycles. The second kappa shape index (κ2) is 9.00. The first kappa shape index (κ1) is 20.5. The number of piperazine rings is 1. The first-order chi connectivity index (χ1) is 15.7. The molecule has 0 saturated carbocycles. The molecule has 1 fully saturated rings. The van der Waals surface area contributed by atoms with Crippen molar-refractivity contribution in [3.63, 3.8) is 0 Å². The summed E-state index contributed by atoms with van der Waals surface area (Å²) in [4.78, 5) is 27.6. The van der Waals surface area contributed by atoms with Gasteiger partial charge in [-0.2, -0.15) is 14.6 Å². The molecule has 1 saturated heterocycles. The number of aromatic nitrogens is 4. The standard InChI is InChI=1S/C24H24N6OS/c1-18-16-21(30-24(27-18)25-17-26-30)28-12-14-29(15-13-28)23(31)22(19-8-4-2-5-9-19)32-20-10-6-3-7-11-20/h2-11,16-17,22H,12-15H2,1H3. The van der Waals surface area contributed by atoms with Gasteiger partial charge in [0.25, 0.3) is 5.78 Å². The van der Waals surface area contributed by atoms with Crippen molar-refractivity contribution in [3.8, 4) is 0 Å². The minimum atomic E-state index is -0.268. The highest BCUT2D eigenvalue weighted by Gasteiger charge is 2.30. The molecule has 0 spiro atoms. The summed E-state index contributed by atoms with van der Waals surface area (Å²) in [5.41, 5.74) is 1.94. The number of thioether (sulfide) groups is 1. The Bertz CT molecular complexity index is 1210. The highest BCUT2D eigenvalue weighted by atomic mass is 32.2. The van der Waals surface area contributed by atoms with E-state index in [2.05, 4.69) is 32.1 Å². The number of hydrogen-bond acceptors (Lipinski definition) is 6. The van der Waals surface area contributed by atoms with Gasteiger partial charge >= 0.3 is 0 Å². The second-order valence-electron chi connectivity index (χ2n) is 7.76. The Morgan fingerprint density at radius 3 is 2.38 bits per heavy atom. The van der Waals surface area contributed by atoms with Gasteiger partial charge in [-0.1, -0.05) is 48.5 Å². The first-order valence-electron chi connectivity index (χ1n) is 10.7. The quantitative estimate of drug-likeness (QED) is 0.438. The molecule has 0 radical (unpaired) electrons. The van der Waals surface area contributed by atoms with Crippen molar-refractivity contribution in [2.75, 3.05) is 31.1 Å². The number of nitrogens with zero attached hydrogens (tertiary/aromatic N) is 6. The lowest BCUT2D eigenvalue weighted by Crippen LogP contribution is -2.50. The van der Waals surface area contributed by atoms with Gasteiger partial charge in [0.1, 0.15) is 17.4 Å². The predicted octanol–water partition coefficient (Wildman–Crippen LogP) is 3.61. The summed E-state index contributed by atoms with van der Waals surface area (Å²) in [5, 5.41) is 4.05. The van der Waals surface area contributed by atoms with E-state index in [1.54, 1.807) is 16.3 Å². The van der Waals surface area contributed by atoms with Crippen molar-refractivity contribution in [3.05, 3.63) is 84.3 Å². The number of carbonyl (C=O) groups excluding carboxylic acids is 1. The highest BCUT2D eigenvalue weighted by molar-refractivity contribution is 8.00. The van der Waals surface area contributed by atoms with E-state index in [4.69, 9.17) is 0 Å². The van der Waals surface area contributed by atoms with Gasteiger partial charge in [0.05, 0.1) is 0 Å². The molecule has 8 heteroatoms. The van der Waals surface area contributed by atoms with E-state index in [1.165, 1.54) is 6.33 Å². The van der Waals surface area contributed by atoms with Gasteiger partial charge in [0.2, 0.25) is 5.91 Å². The fourth-order valence-electron chi connectivity index (χ4n) is 3.98. The van der Waals surface area contributed by atoms with Crippen LogP contribution in [0.3, 0.4) is 0 Å². The molecule has 1 amide bonds. The first-order valence-corrected chi connectivity index (χ1v) is 11.5. The third kappa shape index (κ3) is 4.18. The van der Waals surface area contributed by atoms with Crippen molar-refractivity contribution in [2.45, 2.75) is 17.1 Å². The molecule has 32 heavy (non-hydrogen) atoms. The van der Waals surface area contributed by atoms with Crippen LogP contribution in [0.2, 0.25) is 0 Å². The van der Waals surface area contributed by atoms with Crippen molar-refractivity contribution in [1.29, 1.82) is 0 Å². The number of carbonyl (C=O) groups is 1. The van der Waals surface area contributed by atoms with Gasteiger partial charge in [-0.05, 0) is 24.6 Å². The molecule has 3 heterocycles.